The summed E-state index contributed by atoms with van der Waals surface area (Å²) in [5.74, 6) is -1.57. The van der Waals surface area contributed by atoms with Gasteiger partial charge in [-0.1, -0.05) is 23.2 Å². The van der Waals surface area contributed by atoms with Gasteiger partial charge in [-0.15, -0.1) is 0 Å². The Morgan fingerprint density at radius 2 is 2.06 bits per heavy atom. The van der Waals surface area contributed by atoms with Gasteiger partial charge in [0.25, 0.3) is 5.91 Å². The lowest BCUT2D eigenvalue weighted by molar-refractivity contribution is -0.138. The molecule has 1 N–H and O–H groups in total. The summed E-state index contributed by atoms with van der Waals surface area (Å²) < 4.78 is 0. The molecule has 1 amide bonds. The number of halogens is 2. The number of carbonyl (C=O) groups is 2. The van der Waals surface area contributed by atoms with Gasteiger partial charge >= 0.3 is 5.97 Å². The van der Waals surface area contributed by atoms with Crippen LogP contribution in [0.15, 0.2) is 12.3 Å². The minimum atomic E-state index is -1.09. The Morgan fingerprint density at radius 1 is 1.44 bits per heavy atom. The second-order valence-corrected chi connectivity index (χ2v) is 4.70. The lowest BCUT2D eigenvalue weighted by atomic mass is 10.2. The number of hydrogen-bond acceptors (Lipinski definition) is 3. The second kappa shape index (κ2) is 6.02. The Bertz CT molecular complexity index is 477. The monoisotopic (exact) mass is 290 g/mol. The van der Waals surface area contributed by atoms with Gasteiger partial charge in [-0.05, 0) is 19.9 Å². The maximum Gasteiger partial charge on any atom is 0.323 e. The molecule has 0 aliphatic heterocycles. The van der Waals surface area contributed by atoms with Crippen LogP contribution in [0.2, 0.25) is 10.2 Å². The number of amides is 1. The normalized spacial score (nSPS) is 10.5. The molecule has 0 spiro atoms. The zero-order valence-electron chi connectivity index (χ0n) is 9.85. The van der Waals surface area contributed by atoms with Gasteiger partial charge in [-0.2, -0.15) is 0 Å². The molecular formula is C11H12Cl2N2O3. The molecule has 0 aromatic carbocycles. The van der Waals surface area contributed by atoms with Crippen molar-refractivity contribution in [2.24, 2.45) is 0 Å². The van der Waals surface area contributed by atoms with Gasteiger partial charge in [0.1, 0.15) is 11.7 Å². The highest BCUT2D eigenvalue weighted by atomic mass is 35.5. The smallest absolute Gasteiger partial charge is 0.323 e. The fraction of sp³-hybridized carbons (Fsp3) is 0.364. The topological polar surface area (TPSA) is 70.5 Å². The van der Waals surface area contributed by atoms with E-state index in [1.54, 1.807) is 13.8 Å². The highest BCUT2D eigenvalue weighted by Crippen LogP contribution is 2.20. The summed E-state index contributed by atoms with van der Waals surface area (Å²) in [7, 11) is 0. The summed E-state index contributed by atoms with van der Waals surface area (Å²) in [5, 5.41) is 9.05. The fourth-order valence-electron chi connectivity index (χ4n) is 1.37. The van der Waals surface area contributed by atoms with Crippen LogP contribution in [0.1, 0.15) is 24.2 Å². The number of aliphatic carboxylic acids is 1. The Labute approximate surface area is 114 Å². The van der Waals surface area contributed by atoms with Crippen molar-refractivity contribution in [3.63, 3.8) is 0 Å². The van der Waals surface area contributed by atoms with Gasteiger partial charge in [-0.25, -0.2) is 4.98 Å². The van der Waals surface area contributed by atoms with E-state index in [4.69, 9.17) is 28.3 Å². The number of pyridine rings is 1. The molecule has 1 heterocycles. The van der Waals surface area contributed by atoms with E-state index in [1.165, 1.54) is 17.2 Å². The minimum Gasteiger partial charge on any atom is -0.480 e. The molecule has 7 heteroatoms. The van der Waals surface area contributed by atoms with Crippen LogP contribution >= 0.6 is 23.2 Å². The van der Waals surface area contributed by atoms with Crippen LogP contribution < -0.4 is 0 Å². The van der Waals surface area contributed by atoms with Crippen LogP contribution in [0.25, 0.3) is 0 Å². The zero-order valence-corrected chi connectivity index (χ0v) is 11.4. The van der Waals surface area contributed by atoms with Crippen molar-refractivity contribution in [3.8, 4) is 0 Å². The van der Waals surface area contributed by atoms with Crippen LogP contribution in [-0.4, -0.2) is 39.5 Å². The van der Waals surface area contributed by atoms with Gasteiger partial charge in [0.05, 0.1) is 10.6 Å². The molecule has 0 unspecified atom stereocenters. The molecule has 0 atom stereocenters. The van der Waals surface area contributed by atoms with Gasteiger partial charge < -0.3 is 10.0 Å². The minimum absolute atomic E-state index is 0.127. The maximum atomic E-state index is 12.2. The van der Waals surface area contributed by atoms with Gasteiger partial charge in [0.2, 0.25) is 0 Å². The number of carboxylic acids is 1. The Balaban J connectivity index is 3.09. The van der Waals surface area contributed by atoms with Crippen LogP contribution in [0.3, 0.4) is 0 Å². The molecule has 0 bridgehead atoms. The molecule has 0 saturated carbocycles. The average Bonchev–Trinajstić information content (AvgIpc) is 2.27. The van der Waals surface area contributed by atoms with Crippen molar-refractivity contribution >= 4 is 35.1 Å². The predicted molar refractivity (Wildman–Crippen MR) is 68.1 cm³/mol. The average molecular weight is 291 g/mol. The molecule has 1 rings (SSSR count). The number of hydrogen-bond donors (Lipinski definition) is 1. The van der Waals surface area contributed by atoms with Crippen molar-refractivity contribution in [1.29, 1.82) is 0 Å². The molecule has 1 aromatic heterocycles. The van der Waals surface area contributed by atoms with E-state index in [0.29, 0.717) is 0 Å². The molecular weight excluding hydrogens is 279 g/mol. The summed E-state index contributed by atoms with van der Waals surface area (Å²) in [4.78, 5) is 27.9. The molecule has 18 heavy (non-hydrogen) atoms. The number of carbonyl (C=O) groups excluding carboxylic acids is 1. The lowest BCUT2D eigenvalue weighted by Gasteiger charge is -2.25. The van der Waals surface area contributed by atoms with E-state index in [9.17, 15) is 9.59 Å². The molecule has 0 saturated heterocycles. The van der Waals surface area contributed by atoms with E-state index in [1.807, 2.05) is 0 Å². The summed E-state index contributed by atoms with van der Waals surface area (Å²) in [6.45, 7) is 3.04. The molecule has 0 radical (unpaired) electrons. The Morgan fingerprint density at radius 3 is 2.56 bits per heavy atom. The standard InChI is InChI=1S/C11H12Cl2N2O3/c1-6(2)15(5-10(16)17)11(18)7-3-9(13)14-4-8(7)12/h3-4,6H,5H2,1-2H3,(H,16,17). The molecule has 0 fully saturated rings. The van der Waals surface area contributed by atoms with Gasteiger partial charge in [0, 0.05) is 12.2 Å². The van der Waals surface area contributed by atoms with E-state index in [2.05, 4.69) is 4.98 Å². The van der Waals surface area contributed by atoms with E-state index in [0.717, 1.165) is 0 Å². The van der Waals surface area contributed by atoms with Gasteiger partial charge in [-0.3, -0.25) is 9.59 Å². The van der Waals surface area contributed by atoms with Crippen molar-refractivity contribution in [1.82, 2.24) is 9.88 Å². The van der Waals surface area contributed by atoms with E-state index < -0.39 is 18.4 Å². The number of carboxylic acid groups (broad SMARTS) is 1. The Kier molecular flexibility index (Phi) is 4.93. The van der Waals surface area contributed by atoms with Gasteiger partial charge in [0.15, 0.2) is 0 Å². The third-order valence-corrected chi connectivity index (χ3v) is 2.75. The summed E-state index contributed by atoms with van der Waals surface area (Å²) in [6.07, 6.45) is 1.26. The van der Waals surface area contributed by atoms with Crippen molar-refractivity contribution in [3.05, 3.63) is 28.0 Å². The van der Waals surface area contributed by atoms with E-state index >= 15 is 0 Å². The fourth-order valence-corrected chi connectivity index (χ4v) is 1.71. The molecule has 0 aliphatic rings. The summed E-state index contributed by atoms with van der Waals surface area (Å²) in [6, 6.07) is 1.06. The molecule has 0 aliphatic carbocycles. The molecule has 98 valence electrons. The highest BCUT2D eigenvalue weighted by molar-refractivity contribution is 6.35. The Hall–Kier alpha value is -1.33. The second-order valence-electron chi connectivity index (χ2n) is 3.91. The predicted octanol–water partition coefficient (Wildman–Crippen LogP) is 2.32. The quantitative estimate of drug-likeness (QED) is 0.864. The first-order valence-corrected chi connectivity index (χ1v) is 5.92. The third kappa shape index (κ3) is 3.58. The third-order valence-electron chi connectivity index (χ3n) is 2.24. The maximum absolute atomic E-state index is 12.2. The van der Waals surface area contributed by atoms with Crippen LogP contribution in [-0.2, 0) is 4.79 Å². The van der Waals surface area contributed by atoms with E-state index in [-0.39, 0.29) is 21.8 Å². The van der Waals surface area contributed by atoms with Crippen molar-refractivity contribution in [2.75, 3.05) is 6.54 Å². The first-order chi connectivity index (χ1) is 8.32. The van der Waals surface area contributed by atoms with Crippen LogP contribution in [0.5, 0.6) is 0 Å². The molecule has 1 aromatic rings. The number of rotatable bonds is 4. The number of nitrogens with zero attached hydrogens (tertiary/aromatic N) is 2. The summed E-state index contributed by atoms with van der Waals surface area (Å²) >= 11 is 11.6. The van der Waals surface area contributed by atoms with Crippen LogP contribution in [0.4, 0.5) is 0 Å². The largest absolute Gasteiger partial charge is 0.480 e. The first-order valence-electron chi connectivity index (χ1n) is 5.16. The van der Waals surface area contributed by atoms with Crippen LogP contribution in [0, 0.1) is 0 Å². The number of aromatic nitrogens is 1. The lowest BCUT2D eigenvalue weighted by Crippen LogP contribution is -2.40. The first kappa shape index (κ1) is 14.7. The zero-order chi connectivity index (χ0) is 13.9. The summed E-state index contributed by atoms with van der Waals surface area (Å²) in [5.41, 5.74) is 0.145. The highest BCUT2D eigenvalue weighted by Gasteiger charge is 2.23. The SMILES string of the molecule is CC(C)N(CC(=O)O)C(=O)c1cc(Cl)ncc1Cl. The van der Waals surface area contributed by atoms with Crippen molar-refractivity contribution in [2.45, 2.75) is 19.9 Å². The molecule has 5 nitrogen and oxygen atoms in total. The van der Waals surface area contributed by atoms with Crippen molar-refractivity contribution < 1.29 is 14.7 Å².